The standard InChI is InChI=1S/C23H18FN3O2/c1-15-18(23(28)27-14-16-7-10-25-11-8-16)3-2-4-21(15)29-22-9-12-26-20-13-17(24)5-6-19(20)22/h2-13H,14H2,1H3,(H,27,28). The summed E-state index contributed by atoms with van der Waals surface area (Å²) in [5, 5.41) is 3.60. The third-order valence-corrected chi connectivity index (χ3v) is 4.62. The molecule has 4 rings (SSSR count). The van der Waals surface area contributed by atoms with Crippen LogP contribution in [0.15, 0.2) is 73.2 Å². The molecule has 0 saturated heterocycles. The van der Waals surface area contributed by atoms with Crippen molar-refractivity contribution < 1.29 is 13.9 Å². The van der Waals surface area contributed by atoms with Crippen LogP contribution in [0.3, 0.4) is 0 Å². The molecule has 5 nitrogen and oxygen atoms in total. The fraction of sp³-hybridized carbons (Fsp3) is 0.0870. The number of amides is 1. The maximum Gasteiger partial charge on any atom is 0.251 e. The van der Waals surface area contributed by atoms with E-state index in [2.05, 4.69) is 15.3 Å². The fourth-order valence-corrected chi connectivity index (χ4v) is 3.05. The van der Waals surface area contributed by atoms with Crippen molar-refractivity contribution in [1.82, 2.24) is 15.3 Å². The molecule has 0 saturated carbocycles. The molecule has 4 aromatic rings. The summed E-state index contributed by atoms with van der Waals surface area (Å²) >= 11 is 0. The average Bonchev–Trinajstić information content (AvgIpc) is 2.74. The van der Waals surface area contributed by atoms with E-state index in [4.69, 9.17) is 4.74 Å². The van der Waals surface area contributed by atoms with E-state index >= 15 is 0 Å². The maximum absolute atomic E-state index is 13.5. The van der Waals surface area contributed by atoms with Crippen LogP contribution >= 0.6 is 0 Å². The molecule has 0 radical (unpaired) electrons. The van der Waals surface area contributed by atoms with Gasteiger partial charge in [0, 0.05) is 47.7 Å². The molecule has 0 aliphatic carbocycles. The largest absolute Gasteiger partial charge is 0.456 e. The Morgan fingerprint density at radius 3 is 2.69 bits per heavy atom. The first-order valence-corrected chi connectivity index (χ1v) is 9.10. The van der Waals surface area contributed by atoms with Crippen LogP contribution in [-0.2, 0) is 6.54 Å². The Hall–Kier alpha value is -3.80. The zero-order chi connectivity index (χ0) is 20.2. The normalized spacial score (nSPS) is 10.7. The predicted molar refractivity (Wildman–Crippen MR) is 108 cm³/mol. The van der Waals surface area contributed by atoms with Crippen molar-refractivity contribution in [3.8, 4) is 11.5 Å². The van der Waals surface area contributed by atoms with E-state index in [9.17, 15) is 9.18 Å². The summed E-state index contributed by atoms with van der Waals surface area (Å²) in [4.78, 5) is 20.8. The topological polar surface area (TPSA) is 64.1 Å². The number of nitrogens with one attached hydrogen (secondary N) is 1. The van der Waals surface area contributed by atoms with Gasteiger partial charge in [-0.05, 0) is 55.0 Å². The number of fused-ring (bicyclic) bond motifs is 1. The summed E-state index contributed by atoms with van der Waals surface area (Å²) in [6.45, 7) is 2.24. The number of hydrogen-bond donors (Lipinski definition) is 1. The summed E-state index contributed by atoms with van der Waals surface area (Å²) in [6.07, 6.45) is 4.94. The minimum atomic E-state index is -0.355. The Kier molecular flexibility index (Phi) is 5.16. The van der Waals surface area contributed by atoms with Crippen molar-refractivity contribution in [1.29, 1.82) is 0 Å². The van der Waals surface area contributed by atoms with Crippen LogP contribution < -0.4 is 10.1 Å². The van der Waals surface area contributed by atoms with Gasteiger partial charge in [0.05, 0.1) is 5.52 Å². The highest BCUT2D eigenvalue weighted by atomic mass is 19.1. The third kappa shape index (κ3) is 4.06. The molecule has 0 fully saturated rings. The zero-order valence-corrected chi connectivity index (χ0v) is 15.7. The van der Waals surface area contributed by atoms with Gasteiger partial charge >= 0.3 is 0 Å². The number of hydrogen-bond acceptors (Lipinski definition) is 4. The highest BCUT2D eigenvalue weighted by molar-refractivity contribution is 5.96. The van der Waals surface area contributed by atoms with E-state index < -0.39 is 0 Å². The molecule has 0 bridgehead atoms. The lowest BCUT2D eigenvalue weighted by molar-refractivity contribution is 0.0950. The molecule has 0 atom stereocenters. The van der Waals surface area contributed by atoms with Gasteiger partial charge in [-0.15, -0.1) is 0 Å². The number of benzene rings is 2. The molecule has 1 N–H and O–H groups in total. The number of halogens is 1. The van der Waals surface area contributed by atoms with Crippen LogP contribution in [0.1, 0.15) is 21.5 Å². The first-order chi connectivity index (χ1) is 14.1. The van der Waals surface area contributed by atoms with Crippen LogP contribution in [0.25, 0.3) is 10.9 Å². The molecule has 2 heterocycles. The Bertz CT molecular complexity index is 1180. The van der Waals surface area contributed by atoms with Crippen molar-refractivity contribution in [2.75, 3.05) is 0 Å². The van der Waals surface area contributed by atoms with Gasteiger partial charge in [-0.2, -0.15) is 0 Å². The molecular formula is C23H18FN3O2. The summed E-state index contributed by atoms with van der Waals surface area (Å²) in [5.74, 6) is 0.559. The monoisotopic (exact) mass is 387 g/mol. The van der Waals surface area contributed by atoms with E-state index in [-0.39, 0.29) is 11.7 Å². The summed E-state index contributed by atoms with van der Waals surface area (Å²) < 4.78 is 19.5. The third-order valence-electron chi connectivity index (χ3n) is 4.62. The highest BCUT2D eigenvalue weighted by Crippen LogP contribution is 2.32. The quantitative estimate of drug-likeness (QED) is 0.534. The first kappa shape index (κ1) is 18.6. The van der Waals surface area contributed by atoms with Crippen molar-refractivity contribution >= 4 is 16.8 Å². The molecule has 6 heteroatoms. The molecular weight excluding hydrogens is 369 g/mol. The van der Waals surface area contributed by atoms with E-state index in [1.807, 2.05) is 19.1 Å². The second kappa shape index (κ2) is 8.06. The van der Waals surface area contributed by atoms with Crippen LogP contribution in [-0.4, -0.2) is 15.9 Å². The van der Waals surface area contributed by atoms with E-state index in [0.717, 1.165) is 5.56 Å². The van der Waals surface area contributed by atoms with Gasteiger partial charge < -0.3 is 10.1 Å². The lowest BCUT2D eigenvalue weighted by Crippen LogP contribution is -2.23. The van der Waals surface area contributed by atoms with Gasteiger partial charge in [-0.25, -0.2) is 4.39 Å². The number of carbonyl (C=O) groups is 1. The molecule has 2 aromatic carbocycles. The van der Waals surface area contributed by atoms with Gasteiger partial charge in [0.2, 0.25) is 0 Å². The molecule has 2 aromatic heterocycles. The zero-order valence-electron chi connectivity index (χ0n) is 15.7. The highest BCUT2D eigenvalue weighted by Gasteiger charge is 2.14. The van der Waals surface area contributed by atoms with E-state index in [1.54, 1.807) is 48.9 Å². The van der Waals surface area contributed by atoms with E-state index in [0.29, 0.717) is 40.1 Å². The number of ether oxygens (including phenoxy) is 1. The van der Waals surface area contributed by atoms with Crippen molar-refractivity contribution in [3.63, 3.8) is 0 Å². The second-order valence-electron chi connectivity index (χ2n) is 6.54. The Balaban J connectivity index is 1.58. The molecule has 0 spiro atoms. The maximum atomic E-state index is 13.5. The predicted octanol–water partition coefficient (Wildman–Crippen LogP) is 4.80. The number of rotatable bonds is 5. The summed E-state index contributed by atoms with van der Waals surface area (Å²) in [5.41, 5.74) is 2.72. The number of pyridine rings is 2. The Morgan fingerprint density at radius 1 is 1.03 bits per heavy atom. The van der Waals surface area contributed by atoms with Crippen molar-refractivity contribution in [2.24, 2.45) is 0 Å². The fourth-order valence-electron chi connectivity index (χ4n) is 3.05. The molecule has 0 unspecified atom stereocenters. The summed E-state index contributed by atoms with van der Waals surface area (Å²) in [7, 11) is 0. The minimum Gasteiger partial charge on any atom is -0.456 e. The number of carbonyl (C=O) groups excluding carboxylic acids is 1. The lowest BCUT2D eigenvalue weighted by Gasteiger charge is -2.14. The smallest absolute Gasteiger partial charge is 0.251 e. The van der Waals surface area contributed by atoms with Gasteiger partial charge in [0.15, 0.2) is 0 Å². The van der Waals surface area contributed by atoms with Crippen molar-refractivity contribution in [2.45, 2.75) is 13.5 Å². The Morgan fingerprint density at radius 2 is 1.86 bits per heavy atom. The van der Waals surface area contributed by atoms with Crippen LogP contribution in [0.2, 0.25) is 0 Å². The van der Waals surface area contributed by atoms with Crippen LogP contribution in [0.4, 0.5) is 4.39 Å². The van der Waals surface area contributed by atoms with Gasteiger partial charge in [0.25, 0.3) is 5.91 Å². The van der Waals surface area contributed by atoms with Gasteiger partial charge in [-0.1, -0.05) is 6.07 Å². The van der Waals surface area contributed by atoms with Crippen molar-refractivity contribution in [3.05, 3.63) is 95.7 Å². The second-order valence-corrected chi connectivity index (χ2v) is 6.54. The first-order valence-electron chi connectivity index (χ1n) is 9.10. The van der Waals surface area contributed by atoms with Crippen LogP contribution in [0, 0.1) is 12.7 Å². The van der Waals surface area contributed by atoms with E-state index in [1.165, 1.54) is 12.1 Å². The number of nitrogens with zero attached hydrogens (tertiary/aromatic N) is 2. The molecule has 144 valence electrons. The molecule has 0 aliphatic heterocycles. The SMILES string of the molecule is Cc1c(Oc2ccnc3cc(F)ccc23)cccc1C(=O)NCc1ccncc1. The lowest BCUT2D eigenvalue weighted by atomic mass is 10.1. The number of aromatic nitrogens is 2. The van der Waals surface area contributed by atoms with Gasteiger partial charge in [0.1, 0.15) is 17.3 Å². The molecule has 1 amide bonds. The summed E-state index contributed by atoms with van der Waals surface area (Å²) in [6, 6.07) is 15.1. The van der Waals surface area contributed by atoms with Gasteiger partial charge in [-0.3, -0.25) is 14.8 Å². The average molecular weight is 387 g/mol. The minimum absolute atomic E-state index is 0.189. The van der Waals surface area contributed by atoms with Crippen LogP contribution in [0.5, 0.6) is 11.5 Å². The molecule has 0 aliphatic rings. The molecule has 29 heavy (non-hydrogen) atoms. The Labute approximate surface area is 167 Å².